The zero-order chi connectivity index (χ0) is 19.6. The zero-order valence-electron chi connectivity index (χ0n) is 14.4. The summed E-state index contributed by atoms with van der Waals surface area (Å²) in [5.74, 6) is -0.482. The van der Waals surface area contributed by atoms with E-state index in [9.17, 15) is 10.2 Å². The molecular weight excluding hydrogens is 388 g/mol. The number of phenols is 2. The number of nitriles is 1. The topological polar surface area (TPSA) is 152 Å². The number of hydrogen-bond acceptors (Lipinski definition) is 12. The molecule has 0 saturated heterocycles. The van der Waals surface area contributed by atoms with Crippen molar-refractivity contribution < 1.29 is 10.2 Å². The molecule has 136 valence electrons. The van der Waals surface area contributed by atoms with Gasteiger partial charge in [0.15, 0.2) is 5.00 Å². The maximum absolute atomic E-state index is 10.2. The molecule has 1 aromatic carbocycles. The molecule has 2 heterocycles. The number of aromatic nitrogens is 3. The van der Waals surface area contributed by atoms with Gasteiger partial charge in [-0.2, -0.15) is 9.64 Å². The average Bonchev–Trinajstić information content (AvgIpc) is 3.23. The molecule has 0 spiro atoms. The van der Waals surface area contributed by atoms with Gasteiger partial charge in [-0.05, 0) is 32.3 Å². The molecular formula is C15H12N8O2S2. The fourth-order valence-electron chi connectivity index (χ4n) is 1.99. The molecule has 2 N–H and O–H groups in total. The molecule has 0 amide bonds. The summed E-state index contributed by atoms with van der Waals surface area (Å²) in [5.41, 5.74) is 1.22. The highest BCUT2D eigenvalue weighted by molar-refractivity contribution is 7.14. The van der Waals surface area contributed by atoms with E-state index in [1.165, 1.54) is 24.3 Å². The molecule has 2 aromatic heterocycles. The first-order chi connectivity index (χ1) is 12.9. The molecule has 0 aliphatic heterocycles. The van der Waals surface area contributed by atoms with Crippen LogP contribution in [0.25, 0.3) is 0 Å². The van der Waals surface area contributed by atoms with E-state index < -0.39 is 0 Å². The van der Waals surface area contributed by atoms with E-state index in [1.807, 2.05) is 6.07 Å². The Morgan fingerprint density at radius 3 is 2.26 bits per heavy atom. The molecule has 0 aliphatic carbocycles. The van der Waals surface area contributed by atoms with Gasteiger partial charge in [-0.15, -0.1) is 30.7 Å². The van der Waals surface area contributed by atoms with Crippen molar-refractivity contribution in [2.75, 3.05) is 0 Å². The SMILES string of the molecule is Cc1nnc(/N=N/c2cc(/N=N/c3snc(C)c3C#N)c(O)c(C)c2O)s1. The van der Waals surface area contributed by atoms with Crippen LogP contribution >= 0.6 is 22.9 Å². The lowest BCUT2D eigenvalue weighted by molar-refractivity contribution is 0.445. The Morgan fingerprint density at radius 1 is 1.00 bits per heavy atom. The molecule has 0 saturated carbocycles. The fourth-order valence-corrected chi connectivity index (χ4v) is 3.18. The van der Waals surface area contributed by atoms with E-state index in [2.05, 4.69) is 35.0 Å². The lowest BCUT2D eigenvalue weighted by Gasteiger charge is -2.06. The van der Waals surface area contributed by atoms with Crippen LogP contribution in [-0.2, 0) is 0 Å². The van der Waals surface area contributed by atoms with Gasteiger partial charge in [0.2, 0.25) is 0 Å². The predicted octanol–water partition coefficient (Wildman–Crippen LogP) is 5.03. The van der Waals surface area contributed by atoms with Crippen LogP contribution in [-0.4, -0.2) is 24.8 Å². The second-order valence-electron chi connectivity index (χ2n) is 5.30. The monoisotopic (exact) mass is 400 g/mol. The summed E-state index contributed by atoms with van der Waals surface area (Å²) in [7, 11) is 0. The lowest BCUT2D eigenvalue weighted by Crippen LogP contribution is -1.79. The summed E-state index contributed by atoms with van der Waals surface area (Å²) >= 11 is 2.27. The molecule has 3 aromatic rings. The van der Waals surface area contributed by atoms with Crippen molar-refractivity contribution in [3.8, 4) is 17.6 Å². The minimum atomic E-state index is -0.248. The van der Waals surface area contributed by atoms with Gasteiger partial charge in [-0.25, -0.2) is 0 Å². The van der Waals surface area contributed by atoms with Crippen molar-refractivity contribution in [1.82, 2.24) is 14.6 Å². The van der Waals surface area contributed by atoms with Crippen molar-refractivity contribution in [2.24, 2.45) is 20.5 Å². The van der Waals surface area contributed by atoms with Crippen LogP contribution in [0, 0.1) is 32.1 Å². The van der Waals surface area contributed by atoms with E-state index in [1.54, 1.807) is 13.8 Å². The highest BCUT2D eigenvalue weighted by atomic mass is 32.1. The Morgan fingerprint density at radius 2 is 1.67 bits per heavy atom. The molecule has 0 unspecified atom stereocenters. The molecule has 3 rings (SSSR count). The minimum absolute atomic E-state index is 0.0719. The van der Waals surface area contributed by atoms with Crippen LogP contribution in [0.1, 0.15) is 21.8 Å². The van der Waals surface area contributed by atoms with Gasteiger partial charge in [0.25, 0.3) is 5.13 Å². The van der Waals surface area contributed by atoms with Gasteiger partial charge in [0.1, 0.15) is 39.5 Å². The van der Waals surface area contributed by atoms with Crippen LogP contribution < -0.4 is 0 Å². The Hall–Kier alpha value is -3.30. The Balaban J connectivity index is 1.98. The standard InChI is InChI=1S/C15H12N8O2S2/c1-6-12(24)10(18-20-14-9(5-16)7(2)23-27-14)4-11(13(6)25)19-22-15-21-17-8(3)26-15/h4,24-25H,1-3H3/b20-18+,22-19+. The number of hydrogen-bond donors (Lipinski definition) is 2. The number of rotatable bonds is 4. The van der Waals surface area contributed by atoms with E-state index in [-0.39, 0.29) is 28.4 Å². The fraction of sp³-hybridized carbons (Fsp3) is 0.200. The number of nitrogens with zero attached hydrogens (tertiary/aromatic N) is 8. The van der Waals surface area contributed by atoms with Gasteiger partial charge in [-0.3, -0.25) is 0 Å². The highest BCUT2D eigenvalue weighted by Gasteiger charge is 2.15. The van der Waals surface area contributed by atoms with E-state index in [0.29, 0.717) is 21.4 Å². The second kappa shape index (κ2) is 7.52. The molecule has 0 atom stereocenters. The third-order valence-corrected chi connectivity index (χ3v) is 4.98. The number of aromatic hydroxyl groups is 2. The summed E-state index contributed by atoms with van der Waals surface area (Å²) in [4.78, 5) is 0. The van der Waals surface area contributed by atoms with Crippen molar-refractivity contribution >= 4 is 44.4 Å². The summed E-state index contributed by atoms with van der Waals surface area (Å²) in [6, 6.07) is 3.35. The van der Waals surface area contributed by atoms with Crippen LogP contribution in [0.5, 0.6) is 11.5 Å². The predicted molar refractivity (Wildman–Crippen MR) is 99.1 cm³/mol. The number of benzene rings is 1. The van der Waals surface area contributed by atoms with E-state index in [0.717, 1.165) is 16.5 Å². The summed E-state index contributed by atoms with van der Waals surface area (Å²) in [6.07, 6.45) is 0. The Labute approximate surface area is 161 Å². The maximum atomic E-state index is 10.2. The van der Waals surface area contributed by atoms with Gasteiger partial charge in [-0.1, -0.05) is 11.3 Å². The maximum Gasteiger partial charge on any atom is 0.251 e. The van der Waals surface area contributed by atoms with Crippen molar-refractivity contribution in [3.05, 3.63) is 27.9 Å². The third kappa shape index (κ3) is 3.78. The molecule has 0 aliphatic rings. The normalized spacial score (nSPS) is 11.5. The van der Waals surface area contributed by atoms with Crippen molar-refractivity contribution in [1.29, 1.82) is 5.26 Å². The molecule has 27 heavy (non-hydrogen) atoms. The van der Waals surface area contributed by atoms with Crippen molar-refractivity contribution in [3.63, 3.8) is 0 Å². The Bertz CT molecular complexity index is 1110. The molecule has 10 nitrogen and oxygen atoms in total. The van der Waals surface area contributed by atoms with Gasteiger partial charge in [0.05, 0.1) is 5.69 Å². The van der Waals surface area contributed by atoms with Crippen LogP contribution in [0.3, 0.4) is 0 Å². The lowest BCUT2D eigenvalue weighted by atomic mass is 10.1. The largest absolute Gasteiger partial charge is 0.505 e. The first-order valence-electron chi connectivity index (χ1n) is 7.46. The van der Waals surface area contributed by atoms with E-state index in [4.69, 9.17) is 5.26 Å². The molecule has 0 bridgehead atoms. The van der Waals surface area contributed by atoms with Crippen LogP contribution in [0.15, 0.2) is 26.5 Å². The van der Waals surface area contributed by atoms with Gasteiger partial charge < -0.3 is 10.2 Å². The first-order valence-corrected chi connectivity index (χ1v) is 9.05. The Kier molecular flexibility index (Phi) is 5.15. The van der Waals surface area contributed by atoms with Crippen LogP contribution in [0.4, 0.5) is 21.5 Å². The molecule has 0 radical (unpaired) electrons. The average molecular weight is 400 g/mol. The molecule has 0 fully saturated rings. The zero-order valence-corrected chi connectivity index (χ0v) is 16.0. The summed E-state index contributed by atoms with van der Waals surface area (Å²) < 4.78 is 4.05. The summed E-state index contributed by atoms with van der Waals surface area (Å²) in [5, 5.41) is 54.4. The van der Waals surface area contributed by atoms with Crippen LogP contribution in [0.2, 0.25) is 0 Å². The molecule has 12 heteroatoms. The second-order valence-corrected chi connectivity index (χ2v) is 7.21. The quantitative estimate of drug-likeness (QED) is 0.585. The van der Waals surface area contributed by atoms with E-state index >= 15 is 0 Å². The highest BCUT2D eigenvalue weighted by Crippen LogP contribution is 2.44. The number of azo groups is 2. The smallest absolute Gasteiger partial charge is 0.251 e. The third-order valence-electron chi connectivity index (χ3n) is 3.43. The first kappa shape index (κ1) is 18.5. The van der Waals surface area contributed by atoms with Gasteiger partial charge >= 0.3 is 0 Å². The summed E-state index contributed by atoms with van der Waals surface area (Å²) in [6.45, 7) is 4.99. The number of phenolic OH excluding ortho intramolecular Hbond substituents is 2. The minimum Gasteiger partial charge on any atom is -0.505 e. The van der Waals surface area contributed by atoms with Crippen molar-refractivity contribution in [2.45, 2.75) is 20.8 Å². The van der Waals surface area contributed by atoms with Gasteiger partial charge in [0, 0.05) is 11.6 Å². The number of aryl methyl sites for hydroxylation is 2.